The van der Waals surface area contributed by atoms with Crippen LogP contribution in [0.2, 0.25) is 0 Å². The van der Waals surface area contributed by atoms with Crippen molar-refractivity contribution in [3.63, 3.8) is 0 Å². The fourth-order valence-corrected chi connectivity index (χ4v) is 3.41. The molecule has 0 spiro atoms. The Labute approximate surface area is 163 Å². The zero-order valence-electron chi connectivity index (χ0n) is 15.4. The summed E-state index contributed by atoms with van der Waals surface area (Å²) in [6.45, 7) is 2.56. The van der Waals surface area contributed by atoms with Gasteiger partial charge in [-0.05, 0) is 13.3 Å². The van der Waals surface area contributed by atoms with Crippen molar-refractivity contribution in [3.05, 3.63) is 40.8 Å². The predicted molar refractivity (Wildman–Crippen MR) is 93.9 cm³/mol. The molecular weight excluding hydrogens is 393 g/mol. The standard InChI is InChI=1S/C18H17F3N4O4/c1-9-5-14-11(16(29-23-14)24-3-2-4-28-18(24)27)8-25(9)17(26)22-10-6-12(19)15(21)13(20)7-10/h6-7,9H,2-5,8H2,1H3,(H,22,26). The Morgan fingerprint density at radius 1 is 1.28 bits per heavy atom. The molecule has 1 atom stereocenters. The van der Waals surface area contributed by atoms with Crippen molar-refractivity contribution in [3.8, 4) is 0 Å². The zero-order valence-corrected chi connectivity index (χ0v) is 15.4. The van der Waals surface area contributed by atoms with Crippen molar-refractivity contribution in [2.24, 2.45) is 0 Å². The van der Waals surface area contributed by atoms with Gasteiger partial charge < -0.3 is 19.5 Å². The first kappa shape index (κ1) is 19.1. The van der Waals surface area contributed by atoms with Crippen molar-refractivity contribution < 1.29 is 32.0 Å². The molecule has 1 aromatic heterocycles. The molecule has 0 saturated carbocycles. The van der Waals surface area contributed by atoms with E-state index in [0.29, 0.717) is 49.4 Å². The van der Waals surface area contributed by atoms with E-state index in [1.807, 2.05) is 0 Å². The van der Waals surface area contributed by atoms with Gasteiger partial charge in [0.15, 0.2) is 17.5 Å². The Kier molecular flexibility index (Phi) is 4.81. The molecule has 11 heteroatoms. The van der Waals surface area contributed by atoms with Crippen LogP contribution in [0.3, 0.4) is 0 Å². The second kappa shape index (κ2) is 7.30. The van der Waals surface area contributed by atoms with Crippen LogP contribution in [-0.2, 0) is 17.7 Å². The van der Waals surface area contributed by atoms with Gasteiger partial charge in [0.25, 0.3) is 0 Å². The van der Waals surface area contributed by atoms with Crippen LogP contribution >= 0.6 is 0 Å². The third-order valence-corrected chi connectivity index (χ3v) is 4.91. The second-order valence-electron chi connectivity index (χ2n) is 6.90. The van der Waals surface area contributed by atoms with Crippen LogP contribution < -0.4 is 10.2 Å². The Morgan fingerprint density at radius 3 is 2.69 bits per heavy atom. The number of urea groups is 1. The van der Waals surface area contributed by atoms with E-state index in [1.165, 1.54) is 9.80 Å². The highest BCUT2D eigenvalue weighted by Gasteiger charge is 2.36. The number of benzene rings is 1. The lowest BCUT2D eigenvalue weighted by Crippen LogP contribution is -2.45. The Balaban J connectivity index is 1.56. The first-order valence-corrected chi connectivity index (χ1v) is 8.99. The molecule has 3 amide bonds. The number of fused-ring (bicyclic) bond motifs is 1. The first-order valence-electron chi connectivity index (χ1n) is 8.99. The van der Waals surface area contributed by atoms with Crippen LogP contribution in [-0.4, -0.2) is 41.4 Å². The van der Waals surface area contributed by atoms with Gasteiger partial charge >= 0.3 is 12.1 Å². The number of carbonyl (C=O) groups excluding carboxylic acids is 2. The van der Waals surface area contributed by atoms with Gasteiger partial charge in [-0.2, -0.15) is 0 Å². The van der Waals surface area contributed by atoms with Gasteiger partial charge in [-0.25, -0.2) is 27.7 Å². The SMILES string of the molecule is CC1Cc2noc(N3CCCOC3=O)c2CN1C(=O)Nc1cc(F)c(F)c(F)c1. The minimum absolute atomic E-state index is 0.0666. The number of nitrogens with one attached hydrogen (secondary N) is 1. The van der Waals surface area contributed by atoms with Gasteiger partial charge in [0.2, 0.25) is 5.88 Å². The highest BCUT2D eigenvalue weighted by molar-refractivity contribution is 5.90. The Morgan fingerprint density at radius 2 is 2.00 bits per heavy atom. The average Bonchev–Trinajstić information content (AvgIpc) is 3.08. The fourth-order valence-electron chi connectivity index (χ4n) is 3.41. The average molecular weight is 410 g/mol. The smallest absolute Gasteiger partial charge is 0.416 e. The molecule has 4 rings (SSSR count). The molecule has 3 heterocycles. The van der Waals surface area contributed by atoms with E-state index in [0.717, 1.165) is 0 Å². The minimum Gasteiger partial charge on any atom is -0.449 e. The number of cyclic esters (lactones) is 1. The minimum atomic E-state index is -1.61. The highest BCUT2D eigenvalue weighted by atomic mass is 19.2. The molecule has 0 radical (unpaired) electrons. The molecule has 1 N–H and O–H groups in total. The molecule has 154 valence electrons. The molecule has 1 saturated heterocycles. The third kappa shape index (κ3) is 3.47. The molecular formula is C18H17F3N4O4. The number of rotatable bonds is 2. The summed E-state index contributed by atoms with van der Waals surface area (Å²) in [5.41, 5.74) is 0.969. The second-order valence-corrected chi connectivity index (χ2v) is 6.90. The van der Waals surface area contributed by atoms with Crippen LogP contribution in [0.4, 0.5) is 34.3 Å². The summed E-state index contributed by atoms with van der Waals surface area (Å²) >= 11 is 0. The van der Waals surface area contributed by atoms with Crippen LogP contribution in [0.1, 0.15) is 24.6 Å². The molecule has 1 unspecified atom stereocenters. The van der Waals surface area contributed by atoms with Gasteiger partial charge in [0.1, 0.15) is 0 Å². The zero-order chi connectivity index (χ0) is 20.7. The number of ether oxygens (including phenoxy) is 1. The van der Waals surface area contributed by atoms with Gasteiger partial charge in [-0.1, -0.05) is 5.16 Å². The highest BCUT2D eigenvalue weighted by Crippen LogP contribution is 2.33. The van der Waals surface area contributed by atoms with Crippen LogP contribution in [0.25, 0.3) is 0 Å². The lowest BCUT2D eigenvalue weighted by Gasteiger charge is -2.33. The van der Waals surface area contributed by atoms with E-state index in [9.17, 15) is 22.8 Å². The summed E-state index contributed by atoms with van der Waals surface area (Å²) in [4.78, 5) is 27.4. The first-order chi connectivity index (χ1) is 13.8. The summed E-state index contributed by atoms with van der Waals surface area (Å²) in [7, 11) is 0. The molecule has 1 aromatic carbocycles. The number of halogens is 3. The van der Waals surface area contributed by atoms with Crippen LogP contribution in [0.5, 0.6) is 0 Å². The number of aromatic nitrogens is 1. The number of nitrogens with zero attached hydrogens (tertiary/aromatic N) is 3. The van der Waals surface area contributed by atoms with Crippen molar-refractivity contribution in [2.45, 2.75) is 32.4 Å². The van der Waals surface area contributed by atoms with E-state index in [2.05, 4.69) is 10.5 Å². The number of hydrogen-bond acceptors (Lipinski definition) is 5. The van der Waals surface area contributed by atoms with Crippen molar-refractivity contribution >= 4 is 23.7 Å². The monoisotopic (exact) mass is 410 g/mol. The normalized spacial score (nSPS) is 19.0. The lowest BCUT2D eigenvalue weighted by atomic mass is 10.0. The molecule has 29 heavy (non-hydrogen) atoms. The van der Waals surface area contributed by atoms with Crippen molar-refractivity contribution in [1.29, 1.82) is 0 Å². The quantitative estimate of drug-likeness (QED) is 0.767. The number of hydrogen-bond donors (Lipinski definition) is 1. The maximum absolute atomic E-state index is 13.4. The molecule has 0 aliphatic carbocycles. The maximum atomic E-state index is 13.4. The van der Waals surface area contributed by atoms with E-state index < -0.39 is 29.6 Å². The van der Waals surface area contributed by atoms with Gasteiger partial charge in [0, 0.05) is 36.8 Å². The topological polar surface area (TPSA) is 87.9 Å². The lowest BCUT2D eigenvalue weighted by molar-refractivity contribution is 0.137. The summed E-state index contributed by atoms with van der Waals surface area (Å²) in [6.07, 6.45) is 0.437. The summed E-state index contributed by atoms with van der Waals surface area (Å²) in [5.74, 6) is -4.20. The van der Waals surface area contributed by atoms with Gasteiger partial charge in [0.05, 0.1) is 24.4 Å². The number of anilines is 2. The van der Waals surface area contributed by atoms with Crippen LogP contribution in [0, 0.1) is 17.5 Å². The maximum Gasteiger partial charge on any atom is 0.416 e. The largest absolute Gasteiger partial charge is 0.449 e. The summed E-state index contributed by atoms with van der Waals surface area (Å²) < 4.78 is 50.3. The van der Waals surface area contributed by atoms with Crippen LogP contribution in [0.15, 0.2) is 16.7 Å². The van der Waals surface area contributed by atoms with E-state index in [1.54, 1.807) is 6.92 Å². The molecule has 8 nitrogen and oxygen atoms in total. The van der Waals surface area contributed by atoms with Gasteiger partial charge in [-0.15, -0.1) is 0 Å². The van der Waals surface area contributed by atoms with Crippen molar-refractivity contribution in [1.82, 2.24) is 10.1 Å². The van der Waals surface area contributed by atoms with E-state index in [-0.39, 0.29) is 24.2 Å². The number of carbonyl (C=O) groups is 2. The Bertz CT molecular complexity index is 957. The molecule has 2 aliphatic heterocycles. The Hall–Kier alpha value is -3.24. The molecule has 2 aromatic rings. The molecule has 1 fully saturated rings. The summed E-state index contributed by atoms with van der Waals surface area (Å²) in [5, 5.41) is 6.37. The van der Waals surface area contributed by atoms with E-state index in [4.69, 9.17) is 9.26 Å². The molecule has 2 aliphatic rings. The molecule has 0 bridgehead atoms. The summed E-state index contributed by atoms with van der Waals surface area (Å²) in [6, 6.07) is 0.460. The van der Waals surface area contributed by atoms with E-state index >= 15 is 0 Å². The number of amides is 3. The van der Waals surface area contributed by atoms with Crippen molar-refractivity contribution in [2.75, 3.05) is 23.4 Å². The predicted octanol–water partition coefficient (Wildman–Crippen LogP) is 3.42. The third-order valence-electron chi connectivity index (χ3n) is 4.91. The fraction of sp³-hybridized carbons (Fsp3) is 0.389. The van der Waals surface area contributed by atoms with Gasteiger partial charge in [-0.3, -0.25) is 0 Å².